The standard InChI is InChI=1S/C11H10N2OS2/c1-7-9(11(15)16)10(14)13(12-7)8-5-3-2-4-6-8/h2-6,12H,1H3,(H,15,16). The van der Waals surface area contributed by atoms with Crippen molar-refractivity contribution in [2.75, 3.05) is 0 Å². The number of hydrogen-bond donors (Lipinski definition) is 2. The Morgan fingerprint density at radius 2 is 2.00 bits per heavy atom. The van der Waals surface area contributed by atoms with E-state index in [1.165, 1.54) is 4.68 Å². The van der Waals surface area contributed by atoms with Crippen LogP contribution in [0, 0.1) is 6.92 Å². The van der Waals surface area contributed by atoms with Crippen molar-refractivity contribution in [2.24, 2.45) is 0 Å². The normalized spacial score (nSPS) is 10.4. The van der Waals surface area contributed by atoms with Crippen molar-refractivity contribution >= 4 is 29.0 Å². The Morgan fingerprint density at radius 3 is 2.50 bits per heavy atom. The number of aryl methyl sites for hydroxylation is 1. The highest BCUT2D eigenvalue weighted by molar-refractivity contribution is 8.11. The number of thiol groups is 1. The first-order valence-electron chi connectivity index (χ1n) is 4.71. The molecule has 16 heavy (non-hydrogen) atoms. The summed E-state index contributed by atoms with van der Waals surface area (Å²) < 4.78 is 1.78. The lowest BCUT2D eigenvalue weighted by Crippen LogP contribution is -2.18. The number of aromatic nitrogens is 2. The molecule has 0 aliphatic rings. The SMILES string of the molecule is Cc1[nH]n(-c2ccccc2)c(=O)c1C(=S)S. The number of thiocarbonyl (C=S) groups is 1. The maximum absolute atomic E-state index is 12.0. The molecule has 0 radical (unpaired) electrons. The molecule has 0 saturated carbocycles. The molecule has 0 amide bonds. The van der Waals surface area contributed by atoms with Gasteiger partial charge in [-0.1, -0.05) is 30.4 Å². The highest BCUT2D eigenvalue weighted by Gasteiger charge is 2.13. The van der Waals surface area contributed by atoms with Gasteiger partial charge in [0.05, 0.1) is 15.4 Å². The molecule has 0 atom stereocenters. The minimum atomic E-state index is -0.163. The molecule has 82 valence electrons. The van der Waals surface area contributed by atoms with Crippen molar-refractivity contribution in [3.05, 3.63) is 51.9 Å². The third-order valence-electron chi connectivity index (χ3n) is 2.30. The number of para-hydroxylation sites is 1. The van der Waals surface area contributed by atoms with Crippen LogP contribution < -0.4 is 5.56 Å². The fourth-order valence-electron chi connectivity index (χ4n) is 1.56. The summed E-state index contributed by atoms with van der Waals surface area (Å²) in [6.07, 6.45) is 0. The van der Waals surface area contributed by atoms with Crippen molar-refractivity contribution < 1.29 is 0 Å². The van der Waals surface area contributed by atoms with Gasteiger partial charge in [-0.15, -0.1) is 12.6 Å². The molecule has 1 aromatic carbocycles. The third-order valence-corrected chi connectivity index (χ3v) is 2.73. The number of aromatic amines is 1. The van der Waals surface area contributed by atoms with E-state index in [0.717, 1.165) is 11.4 Å². The molecule has 0 bridgehead atoms. The average Bonchev–Trinajstić information content (AvgIpc) is 2.55. The number of nitrogens with zero attached hydrogens (tertiary/aromatic N) is 1. The van der Waals surface area contributed by atoms with E-state index in [-0.39, 0.29) is 5.56 Å². The minimum Gasteiger partial charge on any atom is -0.295 e. The molecule has 5 heteroatoms. The van der Waals surface area contributed by atoms with Crippen LogP contribution in [0.1, 0.15) is 11.3 Å². The summed E-state index contributed by atoms with van der Waals surface area (Å²) in [7, 11) is 0. The summed E-state index contributed by atoms with van der Waals surface area (Å²) in [5.41, 5.74) is 1.81. The molecule has 0 saturated heterocycles. The van der Waals surface area contributed by atoms with Crippen molar-refractivity contribution in [1.82, 2.24) is 9.78 Å². The van der Waals surface area contributed by atoms with Crippen LogP contribution in [0.15, 0.2) is 35.1 Å². The highest BCUT2D eigenvalue weighted by Crippen LogP contribution is 2.08. The topological polar surface area (TPSA) is 37.8 Å². The Hall–Kier alpha value is -1.33. The summed E-state index contributed by atoms with van der Waals surface area (Å²) in [4.78, 5) is 12.0. The summed E-state index contributed by atoms with van der Waals surface area (Å²) in [5.74, 6) is 0. The van der Waals surface area contributed by atoms with Crippen molar-refractivity contribution in [3.63, 3.8) is 0 Å². The van der Waals surface area contributed by atoms with Gasteiger partial charge < -0.3 is 0 Å². The molecule has 0 aliphatic carbocycles. The maximum atomic E-state index is 12.0. The summed E-state index contributed by atoms with van der Waals surface area (Å²) in [6.45, 7) is 1.80. The van der Waals surface area contributed by atoms with E-state index in [9.17, 15) is 4.79 Å². The molecule has 3 nitrogen and oxygen atoms in total. The zero-order valence-corrected chi connectivity index (χ0v) is 10.3. The molecular formula is C11H10N2OS2. The van der Waals surface area contributed by atoms with E-state index in [1.54, 1.807) is 6.92 Å². The molecular weight excluding hydrogens is 240 g/mol. The van der Waals surface area contributed by atoms with E-state index in [2.05, 4.69) is 17.7 Å². The molecule has 1 N–H and O–H groups in total. The van der Waals surface area contributed by atoms with Crippen LogP contribution >= 0.6 is 24.8 Å². The van der Waals surface area contributed by atoms with Crippen LogP contribution in [0.3, 0.4) is 0 Å². The highest BCUT2D eigenvalue weighted by atomic mass is 32.1. The fraction of sp³-hybridized carbons (Fsp3) is 0.0909. The maximum Gasteiger partial charge on any atom is 0.280 e. The number of rotatable bonds is 2. The first-order valence-corrected chi connectivity index (χ1v) is 5.57. The Labute approximate surface area is 104 Å². The number of benzene rings is 1. The van der Waals surface area contributed by atoms with Gasteiger partial charge in [-0.05, 0) is 19.1 Å². The first-order chi connectivity index (χ1) is 7.61. The quantitative estimate of drug-likeness (QED) is 0.632. The molecule has 0 unspecified atom stereocenters. The Balaban J connectivity index is 2.66. The van der Waals surface area contributed by atoms with Crippen molar-refractivity contribution in [3.8, 4) is 5.69 Å². The summed E-state index contributed by atoms with van der Waals surface area (Å²) in [6, 6.07) is 9.34. The first kappa shape index (κ1) is 11.2. The number of hydrogen-bond acceptors (Lipinski definition) is 2. The summed E-state index contributed by atoms with van der Waals surface area (Å²) in [5, 5.41) is 2.98. The Kier molecular flexibility index (Phi) is 2.98. The Morgan fingerprint density at radius 1 is 1.38 bits per heavy atom. The van der Waals surface area contributed by atoms with Gasteiger partial charge in [0, 0.05) is 5.69 Å². The smallest absolute Gasteiger partial charge is 0.280 e. The van der Waals surface area contributed by atoms with Gasteiger partial charge >= 0.3 is 0 Å². The van der Waals surface area contributed by atoms with Gasteiger partial charge in [0.15, 0.2) is 0 Å². The van der Waals surface area contributed by atoms with E-state index in [4.69, 9.17) is 12.2 Å². The second kappa shape index (κ2) is 4.27. The molecule has 1 heterocycles. The lowest BCUT2D eigenvalue weighted by molar-refractivity contribution is 0.835. The van der Waals surface area contributed by atoms with Crippen LogP contribution in [0.4, 0.5) is 0 Å². The molecule has 0 spiro atoms. The van der Waals surface area contributed by atoms with E-state index in [0.29, 0.717) is 9.76 Å². The second-order valence-electron chi connectivity index (χ2n) is 3.39. The zero-order valence-electron chi connectivity index (χ0n) is 8.60. The minimum absolute atomic E-state index is 0.163. The van der Waals surface area contributed by atoms with E-state index in [1.807, 2.05) is 30.3 Å². The number of nitrogens with one attached hydrogen (secondary N) is 1. The zero-order chi connectivity index (χ0) is 11.7. The molecule has 0 aliphatic heterocycles. The van der Waals surface area contributed by atoms with Gasteiger partial charge in [-0.2, -0.15) is 0 Å². The lowest BCUT2D eigenvalue weighted by Gasteiger charge is -1.99. The third kappa shape index (κ3) is 1.83. The summed E-state index contributed by atoms with van der Waals surface area (Å²) >= 11 is 8.98. The van der Waals surface area contributed by atoms with Crippen LogP contribution in [0.5, 0.6) is 0 Å². The Bertz CT molecular complexity index is 584. The van der Waals surface area contributed by atoms with Crippen LogP contribution in [0.2, 0.25) is 0 Å². The van der Waals surface area contributed by atoms with Crippen LogP contribution in [-0.2, 0) is 0 Å². The fourth-order valence-corrected chi connectivity index (χ4v) is 2.06. The van der Waals surface area contributed by atoms with E-state index < -0.39 is 0 Å². The van der Waals surface area contributed by atoms with E-state index >= 15 is 0 Å². The molecule has 2 rings (SSSR count). The van der Waals surface area contributed by atoms with Gasteiger partial charge in [-0.25, -0.2) is 4.68 Å². The van der Waals surface area contributed by atoms with Gasteiger partial charge in [0.2, 0.25) is 0 Å². The molecule has 1 aromatic heterocycles. The largest absolute Gasteiger partial charge is 0.295 e. The average molecular weight is 250 g/mol. The van der Waals surface area contributed by atoms with Crippen molar-refractivity contribution in [1.29, 1.82) is 0 Å². The molecule has 0 fully saturated rings. The van der Waals surface area contributed by atoms with Gasteiger partial charge in [0.1, 0.15) is 0 Å². The molecule has 2 aromatic rings. The van der Waals surface area contributed by atoms with Gasteiger partial charge in [0.25, 0.3) is 5.56 Å². The van der Waals surface area contributed by atoms with Gasteiger partial charge in [-0.3, -0.25) is 9.89 Å². The monoisotopic (exact) mass is 250 g/mol. The lowest BCUT2D eigenvalue weighted by atomic mass is 10.3. The predicted molar refractivity (Wildman–Crippen MR) is 71.8 cm³/mol. The number of H-pyrrole nitrogens is 1. The van der Waals surface area contributed by atoms with Crippen LogP contribution in [-0.4, -0.2) is 14.0 Å². The predicted octanol–water partition coefficient (Wildman–Crippen LogP) is 2.08. The van der Waals surface area contributed by atoms with Crippen molar-refractivity contribution in [2.45, 2.75) is 6.92 Å². The van der Waals surface area contributed by atoms with Crippen LogP contribution in [0.25, 0.3) is 5.69 Å². The second-order valence-corrected chi connectivity index (χ2v) is 4.55.